The maximum Gasteiger partial charge on any atom is 0.422 e. The molecule has 7 nitrogen and oxygen atoms in total. The van der Waals surface area contributed by atoms with Crippen LogP contribution in [-0.2, 0) is 10.9 Å². The van der Waals surface area contributed by atoms with Crippen molar-refractivity contribution in [3.63, 3.8) is 0 Å². The average Bonchev–Trinajstić information content (AvgIpc) is 2.74. The largest absolute Gasteiger partial charge is 0.454 e. The van der Waals surface area contributed by atoms with Gasteiger partial charge in [-0.25, -0.2) is 13.6 Å². The number of ether oxygens (including phenoxy) is 2. The Morgan fingerprint density at radius 2 is 1.78 bits per heavy atom. The zero-order valence-corrected chi connectivity index (χ0v) is 20.4. The van der Waals surface area contributed by atoms with Crippen LogP contribution in [0, 0.1) is 11.6 Å². The van der Waals surface area contributed by atoms with Crippen LogP contribution in [0.3, 0.4) is 0 Å². The Balaban J connectivity index is 1.91. The summed E-state index contributed by atoms with van der Waals surface area (Å²) in [6.07, 6.45) is -5.54. The molecule has 1 amide bonds. The summed E-state index contributed by atoms with van der Waals surface area (Å²) >= 11 is 0. The molecule has 0 aromatic heterocycles. The van der Waals surface area contributed by atoms with Gasteiger partial charge in [0.05, 0.1) is 11.4 Å². The lowest BCUT2D eigenvalue weighted by atomic mass is 10.0. The summed E-state index contributed by atoms with van der Waals surface area (Å²) in [5.74, 6) is -3.26. The third kappa shape index (κ3) is 6.68. The number of nitrogens with zero attached hydrogens (tertiary/aromatic N) is 2. The highest BCUT2D eigenvalue weighted by molar-refractivity contribution is 5.76. The fourth-order valence-electron chi connectivity index (χ4n) is 3.85. The van der Waals surface area contributed by atoms with E-state index in [2.05, 4.69) is 5.32 Å². The predicted octanol–water partition coefficient (Wildman–Crippen LogP) is 5.00. The Morgan fingerprint density at radius 3 is 2.39 bits per heavy atom. The van der Waals surface area contributed by atoms with Crippen molar-refractivity contribution >= 4 is 17.5 Å². The van der Waals surface area contributed by atoms with Gasteiger partial charge in [-0.15, -0.1) is 0 Å². The molecule has 2 aromatic rings. The topological polar surface area (TPSA) is 80.1 Å². The lowest BCUT2D eigenvalue weighted by Gasteiger charge is -2.42. The number of hydrogen-bond donors (Lipinski definition) is 2. The van der Waals surface area contributed by atoms with Crippen molar-refractivity contribution < 1.29 is 36.2 Å². The van der Waals surface area contributed by atoms with Crippen LogP contribution in [-0.4, -0.2) is 55.9 Å². The van der Waals surface area contributed by atoms with Gasteiger partial charge in [0.2, 0.25) is 0 Å². The number of alkyl carbamates (subject to hydrolysis) is 1. The lowest BCUT2D eigenvalue weighted by Crippen LogP contribution is -2.56. The number of carbonyl (C=O) groups is 1. The van der Waals surface area contributed by atoms with Crippen LogP contribution >= 0.6 is 0 Å². The van der Waals surface area contributed by atoms with E-state index in [9.17, 15) is 26.7 Å². The molecule has 1 heterocycles. The first kappa shape index (κ1) is 27.3. The monoisotopic (exact) mass is 516 g/mol. The number of piperazine rings is 1. The second-order valence-electron chi connectivity index (χ2n) is 9.51. The second kappa shape index (κ2) is 10.4. The summed E-state index contributed by atoms with van der Waals surface area (Å²) in [5.41, 5.74) is 3.69. The number of alkyl halides is 3. The number of nitrogen functional groups attached to an aromatic ring is 1. The first-order valence-corrected chi connectivity index (χ1v) is 11.2. The Kier molecular flexibility index (Phi) is 7.87. The normalized spacial score (nSPS) is 17.1. The molecular weight excluding hydrogens is 487 g/mol. The van der Waals surface area contributed by atoms with Gasteiger partial charge in [-0.3, -0.25) is 4.90 Å². The molecule has 0 bridgehead atoms. The molecule has 1 fully saturated rings. The van der Waals surface area contributed by atoms with Crippen LogP contribution in [0.2, 0.25) is 0 Å². The SMILES string of the molecule is CN1CCN(c2c(N)ccc(Oc3ccc(F)cc3F)c2C(F)(F)F)C[C@@H]1CNC(=O)OC(C)(C)C. The number of anilines is 2. The first-order valence-electron chi connectivity index (χ1n) is 11.2. The van der Waals surface area contributed by atoms with E-state index in [1.165, 1.54) is 11.0 Å². The molecule has 36 heavy (non-hydrogen) atoms. The number of nitrogens with two attached hydrogens (primary N) is 1. The number of benzene rings is 2. The van der Waals surface area contributed by atoms with Gasteiger partial charge in [-0.2, -0.15) is 13.2 Å². The van der Waals surface area contributed by atoms with Crippen molar-refractivity contribution in [3.8, 4) is 11.5 Å². The summed E-state index contributed by atoms with van der Waals surface area (Å²) in [6.45, 7) is 5.98. The standard InChI is InChI=1S/C24H29F5N4O3/c1-23(2,3)36-22(34)31-12-15-13-33(10-9-32(15)4)21-17(30)6-8-19(20(21)24(27,28)29)35-18-7-5-14(25)11-16(18)26/h5-8,11,15H,9-10,12-13,30H2,1-4H3,(H,31,34)/t15-/m0/s1. The number of likely N-dealkylation sites (N-methyl/N-ethyl adjacent to an activating group) is 1. The number of nitrogens with one attached hydrogen (secondary N) is 1. The van der Waals surface area contributed by atoms with Crippen molar-refractivity contribution in [2.24, 2.45) is 0 Å². The van der Waals surface area contributed by atoms with Gasteiger partial charge in [0, 0.05) is 38.3 Å². The van der Waals surface area contributed by atoms with Gasteiger partial charge in [0.1, 0.15) is 22.7 Å². The van der Waals surface area contributed by atoms with E-state index in [-0.39, 0.29) is 37.1 Å². The summed E-state index contributed by atoms with van der Waals surface area (Å²) in [4.78, 5) is 15.4. The number of halogens is 5. The van der Waals surface area contributed by atoms with Crippen molar-refractivity contribution in [2.45, 2.75) is 38.6 Å². The maximum absolute atomic E-state index is 14.3. The number of rotatable bonds is 5. The molecule has 0 aliphatic carbocycles. The van der Waals surface area contributed by atoms with Gasteiger partial charge in [-0.1, -0.05) is 0 Å². The minimum absolute atomic E-state index is 0.105. The van der Waals surface area contributed by atoms with Crippen LogP contribution in [0.5, 0.6) is 11.5 Å². The minimum Gasteiger partial charge on any atom is -0.454 e. The van der Waals surface area contributed by atoms with Crippen molar-refractivity contribution in [2.75, 3.05) is 43.9 Å². The van der Waals surface area contributed by atoms with Crippen LogP contribution in [0.4, 0.5) is 38.1 Å². The number of hydrogen-bond acceptors (Lipinski definition) is 6. The highest BCUT2D eigenvalue weighted by Crippen LogP contribution is 2.47. The van der Waals surface area contributed by atoms with E-state index in [0.29, 0.717) is 12.6 Å². The molecular formula is C24H29F5N4O3. The Labute approximate surface area is 205 Å². The van der Waals surface area contributed by atoms with Gasteiger partial charge in [0.15, 0.2) is 11.6 Å². The molecule has 1 aliphatic heterocycles. The first-order chi connectivity index (χ1) is 16.7. The fraction of sp³-hybridized carbons (Fsp3) is 0.458. The van der Waals surface area contributed by atoms with Gasteiger partial charge in [0.25, 0.3) is 0 Å². The molecule has 3 rings (SSSR count). The molecule has 1 saturated heterocycles. The Morgan fingerprint density at radius 1 is 1.11 bits per heavy atom. The molecule has 1 atom stereocenters. The Hall–Kier alpha value is -3.28. The minimum atomic E-state index is -4.90. The summed E-state index contributed by atoms with van der Waals surface area (Å²) < 4.78 is 80.7. The average molecular weight is 517 g/mol. The molecule has 1 aliphatic rings. The van der Waals surface area contributed by atoms with Crippen molar-refractivity contribution in [1.29, 1.82) is 0 Å². The maximum atomic E-state index is 14.3. The molecule has 0 saturated carbocycles. The lowest BCUT2D eigenvalue weighted by molar-refractivity contribution is -0.138. The fourth-order valence-corrected chi connectivity index (χ4v) is 3.85. The van der Waals surface area contributed by atoms with E-state index < -0.39 is 46.6 Å². The van der Waals surface area contributed by atoms with Crippen molar-refractivity contribution in [1.82, 2.24) is 10.2 Å². The van der Waals surface area contributed by atoms with Gasteiger partial charge >= 0.3 is 12.3 Å². The van der Waals surface area contributed by atoms with Crippen LogP contribution in [0.15, 0.2) is 30.3 Å². The molecule has 0 spiro atoms. The third-order valence-corrected chi connectivity index (χ3v) is 5.54. The quantitative estimate of drug-likeness (QED) is 0.430. The highest BCUT2D eigenvalue weighted by Gasteiger charge is 2.41. The molecule has 0 unspecified atom stereocenters. The predicted molar refractivity (Wildman–Crippen MR) is 125 cm³/mol. The smallest absolute Gasteiger partial charge is 0.422 e. The van der Waals surface area contributed by atoms with Crippen molar-refractivity contribution in [3.05, 3.63) is 47.5 Å². The van der Waals surface area contributed by atoms with E-state index in [4.69, 9.17) is 15.2 Å². The number of carbonyl (C=O) groups excluding carboxylic acids is 1. The molecule has 0 radical (unpaired) electrons. The van der Waals surface area contributed by atoms with Crippen LogP contribution in [0.25, 0.3) is 0 Å². The second-order valence-corrected chi connectivity index (χ2v) is 9.51. The van der Waals surface area contributed by atoms with E-state index in [0.717, 1.165) is 18.2 Å². The molecule has 198 valence electrons. The molecule has 2 aromatic carbocycles. The zero-order chi connectivity index (χ0) is 26.8. The van der Waals surface area contributed by atoms with E-state index in [1.54, 1.807) is 27.8 Å². The van der Waals surface area contributed by atoms with Crippen LogP contribution < -0.4 is 20.7 Å². The third-order valence-electron chi connectivity index (χ3n) is 5.54. The highest BCUT2D eigenvalue weighted by atomic mass is 19.4. The summed E-state index contributed by atoms with van der Waals surface area (Å²) in [6, 6.07) is 4.20. The van der Waals surface area contributed by atoms with Gasteiger partial charge < -0.3 is 25.4 Å². The molecule has 3 N–H and O–H groups in total. The summed E-state index contributed by atoms with van der Waals surface area (Å²) in [7, 11) is 1.80. The number of amides is 1. The summed E-state index contributed by atoms with van der Waals surface area (Å²) in [5, 5.41) is 2.65. The van der Waals surface area contributed by atoms with Gasteiger partial charge in [-0.05, 0) is 52.1 Å². The zero-order valence-electron chi connectivity index (χ0n) is 20.4. The Bertz CT molecular complexity index is 1100. The van der Waals surface area contributed by atoms with E-state index in [1.807, 2.05) is 4.90 Å². The molecule has 12 heteroatoms. The van der Waals surface area contributed by atoms with Crippen LogP contribution in [0.1, 0.15) is 26.3 Å². The van der Waals surface area contributed by atoms with E-state index >= 15 is 0 Å².